The number of likely N-dealkylation sites (N-methyl/N-ethyl adjacent to an activating group) is 1. The van der Waals surface area contributed by atoms with Gasteiger partial charge < -0.3 is 5.11 Å². The van der Waals surface area contributed by atoms with Gasteiger partial charge in [0.15, 0.2) is 9.84 Å². The summed E-state index contributed by atoms with van der Waals surface area (Å²) < 4.78 is 50.2. The molecule has 4 nitrogen and oxygen atoms in total. The summed E-state index contributed by atoms with van der Waals surface area (Å²) in [6.07, 6.45) is -0.236. The van der Waals surface area contributed by atoms with Gasteiger partial charge in [0.1, 0.15) is 11.6 Å². The lowest BCUT2D eigenvalue weighted by molar-refractivity contribution is 0.102. The summed E-state index contributed by atoms with van der Waals surface area (Å²) in [6, 6.07) is 2.97. The Morgan fingerprint density at radius 1 is 1.24 bits per heavy atom. The fourth-order valence-corrected chi connectivity index (χ4v) is 3.00. The van der Waals surface area contributed by atoms with Gasteiger partial charge >= 0.3 is 0 Å². The van der Waals surface area contributed by atoms with Crippen LogP contribution in [0.1, 0.15) is 25.5 Å². The second-order valence-corrected chi connectivity index (χ2v) is 7.77. The molecule has 21 heavy (non-hydrogen) atoms. The zero-order valence-corrected chi connectivity index (χ0v) is 13.4. The minimum Gasteiger partial charge on any atom is -0.387 e. The van der Waals surface area contributed by atoms with E-state index in [1.165, 1.54) is 6.07 Å². The Bertz CT molecular complexity index is 572. The summed E-state index contributed by atoms with van der Waals surface area (Å²) in [4.78, 5) is 1.57. The van der Waals surface area contributed by atoms with Crippen LogP contribution < -0.4 is 0 Å². The number of sulfone groups is 1. The van der Waals surface area contributed by atoms with E-state index in [1.807, 2.05) is 0 Å². The standard InChI is InChI=1S/C14H21F2NO3S/c1-9(10(2)21(4,19)20)17(3)8-13(18)14-11(15)6-5-7-12(14)16/h5-7,9-10,13,18H,8H2,1-4H3. The molecule has 1 aromatic rings. The zero-order valence-electron chi connectivity index (χ0n) is 12.5. The van der Waals surface area contributed by atoms with Gasteiger partial charge in [-0.3, -0.25) is 4.90 Å². The minimum atomic E-state index is -3.24. The van der Waals surface area contributed by atoms with Crippen LogP contribution in [0, 0.1) is 11.6 Å². The molecule has 0 aromatic heterocycles. The first kappa shape index (κ1) is 18.0. The van der Waals surface area contributed by atoms with Crippen molar-refractivity contribution < 1.29 is 22.3 Å². The van der Waals surface area contributed by atoms with Crippen molar-refractivity contribution in [3.8, 4) is 0 Å². The van der Waals surface area contributed by atoms with Crippen molar-refractivity contribution >= 4 is 9.84 Å². The second-order valence-electron chi connectivity index (χ2n) is 5.37. The van der Waals surface area contributed by atoms with E-state index in [-0.39, 0.29) is 6.54 Å². The van der Waals surface area contributed by atoms with Gasteiger partial charge in [-0.2, -0.15) is 0 Å². The summed E-state index contributed by atoms with van der Waals surface area (Å²) in [5.41, 5.74) is -0.399. The van der Waals surface area contributed by atoms with Gasteiger partial charge in [0.25, 0.3) is 0 Å². The van der Waals surface area contributed by atoms with Crippen LogP contribution in [0.15, 0.2) is 18.2 Å². The number of rotatable bonds is 6. The molecule has 0 aliphatic heterocycles. The van der Waals surface area contributed by atoms with E-state index in [0.717, 1.165) is 18.4 Å². The number of benzene rings is 1. The third-order valence-corrected chi connectivity index (χ3v) is 5.59. The molecule has 3 unspecified atom stereocenters. The summed E-state index contributed by atoms with van der Waals surface area (Å²) >= 11 is 0. The molecular weight excluding hydrogens is 300 g/mol. The Morgan fingerprint density at radius 2 is 1.71 bits per heavy atom. The van der Waals surface area contributed by atoms with E-state index in [1.54, 1.807) is 25.8 Å². The third kappa shape index (κ3) is 4.46. The van der Waals surface area contributed by atoms with Crippen molar-refractivity contribution in [2.45, 2.75) is 31.2 Å². The molecule has 3 atom stereocenters. The van der Waals surface area contributed by atoms with Crippen LogP contribution in [0.4, 0.5) is 8.78 Å². The molecule has 7 heteroatoms. The molecule has 0 saturated heterocycles. The molecule has 0 fully saturated rings. The Morgan fingerprint density at radius 3 is 2.14 bits per heavy atom. The lowest BCUT2D eigenvalue weighted by atomic mass is 10.1. The van der Waals surface area contributed by atoms with Crippen molar-refractivity contribution in [1.82, 2.24) is 4.90 Å². The SMILES string of the molecule is CC(C(C)S(C)(=O)=O)N(C)CC(O)c1c(F)cccc1F. The predicted molar refractivity (Wildman–Crippen MR) is 77.7 cm³/mol. The minimum absolute atomic E-state index is 0.0706. The number of aliphatic hydroxyl groups excluding tert-OH is 1. The Hall–Kier alpha value is -1.05. The average Bonchev–Trinajstić information content (AvgIpc) is 2.35. The monoisotopic (exact) mass is 321 g/mol. The highest BCUT2D eigenvalue weighted by molar-refractivity contribution is 7.91. The van der Waals surface area contributed by atoms with Crippen molar-refractivity contribution in [1.29, 1.82) is 0 Å². The van der Waals surface area contributed by atoms with E-state index in [0.29, 0.717) is 0 Å². The zero-order chi connectivity index (χ0) is 16.4. The van der Waals surface area contributed by atoms with Crippen molar-refractivity contribution in [3.63, 3.8) is 0 Å². The fraction of sp³-hybridized carbons (Fsp3) is 0.571. The summed E-state index contributed by atoms with van der Waals surface area (Å²) in [5.74, 6) is -1.64. The summed E-state index contributed by atoms with van der Waals surface area (Å²) in [5, 5.41) is 9.36. The van der Waals surface area contributed by atoms with Crippen LogP contribution in [0.25, 0.3) is 0 Å². The van der Waals surface area contributed by atoms with Crippen LogP contribution in [0.3, 0.4) is 0 Å². The lowest BCUT2D eigenvalue weighted by Crippen LogP contribution is -2.43. The maximum atomic E-state index is 13.6. The largest absolute Gasteiger partial charge is 0.387 e. The maximum absolute atomic E-state index is 13.6. The molecule has 1 N–H and O–H groups in total. The number of nitrogens with zero attached hydrogens (tertiary/aromatic N) is 1. The quantitative estimate of drug-likeness (QED) is 0.867. The van der Waals surface area contributed by atoms with Gasteiger partial charge in [-0.25, -0.2) is 17.2 Å². The van der Waals surface area contributed by atoms with E-state index in [4.69, 9.17) is 0 Å². The lowest BCUT2D eigenvalue weighted by Gasteiger charge is -2.30. The highest BCUT2D eigenvalue weighted by Gasteiger charge is 2.28. The van der Waals surface area contributed by atoms with E-state index < -0.39 is 44.4 Å². The van der Waals surface area contributed by atoms with Gasteiger partial charge in [-0.05, 0) is 33.0 Å². The molecule has 0 bridgehead atoms. The molecular formula is C14H21F2NO3S. The number of halogens is 2. The second kappa shape index (κ2) is 6.81. The van der Waals surface area contributed by atoms with Crippen molar-refractivity contribution in [3.05, 3.63) is 35.4 Å². The van der Waals surface area contributed by atoms with Gasteiger partial charge in [0.05, 0.1) is 16.9 Å². The van der Waals surface area contributed by atoms with Crippen LogP contribution in [-0.2, 0) is 9.84 Å². The summed E-state index contributed by atoms with van der Waals surface area (Å²) in [7, 11) is -1.63. The van der Waals surface area contributed by atoms with Crippen LogP contribution in [-0.4, -0.2) is 49.6 Å². The molecule has 120 valence electrons. The molecule has 0 saturated carbocycles. The topological polar surface area (TPSA) is 57.6 Å². The number of aliphatic hydroxyl groups is 1. The molecule has 1 aromatic carbocycles. The van der Waals surface area contributed by atoms with Crippen LogP contribution in [0.2, 0.25) is 0 Å². The van der Waals surface area contributed by atoms with E-state index in [9.17, 15) is 22.3 Å². The molecule has 0 spiro atoms. The molecule has 0 radical (unpaired) electrons. The maximum Gasteiger partial charge on any atom is 0.151 e. The molecule has 0 amide bonds. The predicted octanol–water partition coefficient (Wildman–Crippen LogP) is 1.75. The highest BCUT2D eigenvalue weighted by Crippen LogP contribution is 2.22. The molecule has 0 aliphatic carbocycles. The number of hydrogen-bond donors (Lipinski definition) is 1. The van der Waals surface area contributed by atoms with E-state index >= 15 is 0 Å². The summed E-state index contributed by atoms with van der Waals surface area (Å²) in [6.45, 7) is 3.18. The Kier molecular flexibility index (Phi) is 5.83. The van der Waals surface area contributed by atoms with Gasteiger partial charge in [-0.1, -0.05) is 6.07 Å². The fourth-order valence-electron chi connectivity index (χ4n) is 2.08. The van der Waals surface area contributed by atoms with Crippen molar-refractivity contribution in [2.75, 3.05) is 19.8 Å². The third-order valence-electron chi connectivity index (χ3n) is 3.84. The van der Waals surface area contributed by atoms with Crippen molar-refractivity contribution in [2.24, 2.45) is 0 Å². The average molecular weight is 321 g/mol. The van der Waals surface area contributed by atoms with Gasteiger partial charge in [-0.15, -0.1) is 0 Å². The Balaban J connectivity index is 2.86. The first-order valence-corrected chi connectivity index (χ1v) is 8.52. The van der Waals surface area contributed by atoms with Gasteiger partial charge in [0, 0.05) is 18.8 Å². The van der Waals surface area contributed by atoms with Crippen LogP contribution in [0.5, 0.6) is 0 Å². The molecule has 1 rings (SSSR count). The first-order valence-electron chi connectivity index (χ1n) is 6.56. The first-order chi connectivity index (χ1) is 9.55. The number of hydrogen-bond acceptors (Lipinski definition) is 4. The molecule has 0 aliphatic rings. The van der Waals surface area contributed by atoms with E-state index in [2.05, 4.69) is 0 Å². The smallest absolute Gasteiger partial charge is 0.151 e. The molecule has 0 heterocycles. The van der Waals surface area contributed by atoms with Gasteiger partial charge in [0.2, 0.25) is 0 Å². The van der Waals surface area contributed by atoms with Crippen LogP contribution >= 0.6 is 0 Å². The normalized spacial score (nSPS) is 16.8. The Labute approximate surface area is 124 Å². The highest BCUT2D eigenvalue weighted by atomic mass is 32.2.